The van der Waals surface area contributed by atoms with Crippen LogP contribution in [-0.4, -0.2) is 44.4 Å². The van der Waals surface area contributed by atoms with E-state index in [9.17, 15) is 4.79 Å². The zero-order valence-corrected chi connectivity index (χ0v) is 15.7. The van der Waals surface area contributed by atoms with Crippen LogP contribution < -0.4 is 0 Å². The van der Waals surface area contributed by atoms with Crippen LogP contribution in [0.15, 0.2) is 46.5 Å². The molecule has 1 aromatic heterocycles. The lowest BCUT2D eigenvalue weighted by molar-refractivity contribution is -0.127. The first-order valence-corrected chi connectivity index (χ1v) is 9.67. The lowest BCUT2D eigenvalue weighted by Gasteiger charge is -2.13. The molecular weight excluding hydrogens is 388 g/mol. The van der Waals surface area contributed by atoms with E-state index in [1.807, 2.05) is 33.8 Å². The molecule has 1 saturated heterocycles. The summed E-state index contributed by atoms with van der Waals surface area (Å²) in [6, 6.07) is 7.95. The smallest absolute Gasteiger partial charge is 0.233 e. The highest BCUT2D eigenvalue weighted by Crippen LogP contribution is 2.24. The Kier molecular flexibility index (Phi) is 5.73. The number of amides is 1. The van der Waals surface area contributed by atoms with Gasteiger partial charge in [0.25, 0.3) is 0 Å². The van der Waals surface area contributed by atoms with E-state index in [2.05, 4.69) is 32.6 Å². The molecule has 0 aliphatic carbocycles. The van der Waals surface area contributed by atoms with Crippen LogP contribution in [0.5, 0.6) is 0 Å². The summed E-state index contributed by atoms with van der Waals surface area (Å²) in [4.78, 5) is 18.7. The number of nitrogens with zero attached hydrogens (tertiary/aromatic N) is 4. The third-order valence-corrected chi connectivity index (χ3v) is 5.19. The van der Waals surface area contributed by atoms with Crippen LogP contribution in [-0.2, 0) is 11.3 Å². The Balaban J connectivity index is 1.74. The van der Waals surface area contributed by atoms with Crippen LogP contribution in [0.1, 0.15) is 12.8 Å². The fraction of sp³-hybridized carbons (Fsp3) is 0.353. The molecule has 1 amide bonds. The highest BCUT2D eigenvalue weighted by molar-refractivity contribution is 9.10. The molecule has 3 rings (SSSR count). The van der Waals surface area contributed by atoms with Crippen LogP contribution >= 0.6 is 27.7 Å². The predicted molar refractivity (Wildman–Crippen MR) is 99.9 cm³/mol. The van der Waals surface area contributed by atoms with E-state index in [1.54, 1.807) is 6.08 Å². The van der Waals surface area contributed by atoms with Crippen molar-refractivity contribution in [1.82, 2.24) is 19.7 Å². The minimum absolute atomic E-state index is 0.169. The molecule has 0 atom stereocenters. The maximum Gasteiger partial charge on any atom is 0.233 e. The molecular formula is C17H19BrN4OS. The fourth-order valence-corrected chi connectivity index (χ4v) is 3.64. The number of rotatable bonds is 6. The zero-order valence-electron chi connectivity index (χ0n) is 13.3. The van der Waals surface area contributed by atoms with Crippen LogP contribution in [0, 0.1) is 0 Å². The molecule has 2 aromatic rings. The van der Waals surface area contributed by atoms with Crippen LogP contribution in [0.4, 0.5) is 0 Å². The van der Waals surface area contributed by atoms with Gasteiger partial charge in [0, 0.05) is 23.1 Å². The summed E-state index contributed by atoms with van der Waals surface area (Å²) in [6.07, 6.45) is 4.01. The normalized spacial score (nSPS) is 14.1. The van der Waals surface area contributed by atoms with E-state index in [0.717, 1.165) is 41.8 Å². The lowest BCUT2D eigenvalue weighted by Crippen LogP contribution is -2.29. The molecule has 0 radical (unpaired) electrons. The van der Waals surface area contributed by atoms with Crippen LogP contribution in [0.3, 0.4) is 0 Å². The average Bonchev–Trinajstić information content (AvgIpc) is 3.24. The Morgan fingerprint density at radius 3 is 2.67 bits per heavy atom. The molecule has 1 aliphatic rings. The van der Waals surface area contributed by atoms with Crippen molar-refractivity contribution in [3.63, 3.8) is 0 Å². The Bertz CT molecular complexity index is 723. The van der Waals surface area contributed by atoms with Gasteiger partial charge in [0.1, 0.15) is 0 Å². The van der Waals surface area contributed by atoms with Gasteiger partial charge >= 0.3 is 0 Å². The van der Waals surface area contributed by atoms with Crippen LogP contribution in [0.2, 0.25) is 0 Å². The van der Waals surface area contributed by atoms with E-state index >= 15 is 0 Å². The van der Waals surface area contributed by atoms with Gasteiger partial charge in [0.15, 0.2) is 5.82 Å². The van der Waals surface area contributed by atoms with E-state index in [1.165, 1.54) is 11.8 Å². The topological polar surface area (TPSA) is 51.0 Å². The third-order valence-electron chi connectivity index (χ3n) is 3.84. The van der Waals surface area contributed by atoms with Gasteiger partial charge in [-0.15, -0.1) is 11.7 Å². The van der Waals surface area contributed by atoms with Crippen molar-refractivity contribution in [1.29, 1.82) is 0 Å². The summed E-state index contributed by atoms with van der Waals surface area (Å²) >= 11 is 4.84. The first-order valence-electron chi connectivity index (χ1n) is 7.89. The maximum atomic E-state index is 12.2. The van der Waals surface area contributed by atoms with Gasteiger partial charge in [-0.2, -0.15) is 0 Å². The fourth-order valence-electron chi connectivity index (χ4n) is 2.63. The zero-order chi connectivity index (χ0) is 16.9. The number of carbonyl (C=O) groups is 1. The van der Waals surface area contributed by atoms with Gasteiger partial charge in [-0.3, -0.25) is 4.79 Å². The quantitative estimate of drug-likeness (QED) is 0.542. The molecule has 126 valence electrons. The summed E-state index contributed by atoms with van der Waals surface area (Å²) in [5.41, 5.74) is 0.991. The third kappa shape index (κ3) is 4.08. The number of aromatic nitrogens is 3. The second-order valence-electron chi connectivity index (χ2n) is 5.57. The molecule has 2 heterocycles. The van der Waals surface area contributed by atoms with Gasteiger partial charge < -0.3 is 4.90 Å². The summed E-state index contributed by atoms with van der Waals surface area (Å²) in [5.74, 6) is 1.35. The van der Waals surface area contributed by atoms with Crippen LogP contribution in [0.25, 0.3) is 11.4 Å². The summed E-state index contributed by atoms with van der Waals surface area (Å²) in [5, 5.41) is 5.14. The van der Waals surface area contributed by atoms with Gasteiger partial charge in [-0.25, -0.2) is 9.67 Å². The average molecular weight is 407 g/mol. The first kappa shape index (κ1) is 17.2. The number of thioether (sulfide) groups is 1. The monoisotopic (exact) mass is 406 g/mol. The highest BCUT2D eigenvalue weighted by Gasteiger charge is 2.19. The first-order chi connectivity index (χ1) is 11.7. The summed E-state index contributed by atoms with van der Waals surface area (Å²) in [7, 11) is 0. The minimum Gasteiger partial charge on any atom is -0.342 e. The lowest BCUT2D eigenvalue weighted by atomic mass is 10.2. The Labute approximate surface area is 154 Å². The van der Waals surface area contributed by atoms with Crippen molar-refractivity contribution in [2.45, 2.75) is 24.5 Å². The molecule has 5 nitrogen and oxygen atoms in total. The summed E-state index contributed by atoms with van der Waals surface area (Å²) in [6.45, 7) is 6.11. The number of carbonyl (C=O) groups excluding carboxylic acids is 1. The Hall–Kier alpha value is -1.60. The Morgan fingerprint density at radius 1 is 1.29 bits per heavy atom. The van der Waals surface area contributed by atoms with E-state index < -0.39 is 0 Å². The SMILES string of the molecule is C=CCn1nc(SCC(=O)N2CCCC2)nc1-c1ccc(Br)cc1. The van der Waals surface area contributed by atoms with Crippen molar-refractivity contribution in [3.05, 3.63) is 41.4 Å². The highest BCUT2D eigenvalue weighted by atomic mass is 79.9. The molecule has 0 spiro atoms. The van der Waals surface area contributed by atoms with Gasteiger partial charge in [-0.1, -0.05) is 45.9 Å². The van der Waals surface area contributed by atoms with E-state index in [-0.39, 0.29) is 5.91 Å². The molecule has 0 unspecified atom stereocenters. The molecule has 1 aliphatic heterocycles. The minimum atomic E-state index is 0.169. The molecule has 7 heteroatoms. The van der Waals surface area contributed by atoms with Gasteiger partial charge in [-0.05, 0) is 25.0 Å². The molecule has 1 fully saturated rings. The van der Waals surface area contributed by atoms with Crippen molar-refractivity contribution in [2.75, 3.05) is 18.8 Å². The number of halogens is 1. The Morgan fingerprint density at radius 2 is 2.00 bits per heavy atom. The molecule has 0 saturated carbocycles. The van der Waals surface area contributed by atoms with E-state index in [0.29, 0.717) is 17.5 Å². The predicted octanol–water partition coefficient (Wildman–Crippen LogP) is 3.61. The number of allylic oxidation sites excluding steroid dienone is 1. The molecule has 24 heavy (non-hydrogen) atoms. The summed E-state index contributed by atoms with van der Waals surface area (Å²) < 4.78 is 2.84. The van der Waals surface area contributed by atoms with Crippen molar-refractivity contribution >= 4 is 33.6 Å². The molecule has 0 bridgehead atoms. The molecule has 0 N–H and O–H groups in total. The van der Waals surface area contributed by atoms with Crippen molar-refractivity contribution in [3.8, 4) is 11.4 Å². The maximum absolute atomic E-state index is 12.2. The van der Waals surface area contributed by atoms with Gasteiger partial charge in [0.05, 0.1) is 12.3 Å². The largest absolute Gasteiger partial charge is 0.342 e. The number of hydrogen-bond donors (Lipinski definition) is 0. The number of hydrogen-bond acceptors (Lipinski definition) is 4. The van der Waals surface area contributed by atoms with Gasteiger partial charge in [0.2, 0.25) is 11.1 Å². The second-order valence-corrected chi connectivity index (χ2v) is 7.43. The van der Waals surface area contributed by atoms with Crippen molar-refractivity contribution < 1.29 is 4.79 Å². The standard InChI is InChI=1S/C17H19BrN4OS/c1-2-9-22-16(13-5-7-14(18)8-6-13)19-17(20-22)24-12-15(23)21-10-3-4-11-21/h2,5-8H,1,3-4,9-12H2. The second kappa shape index (κ2) is 7.98. The number of likely N-dealkylation sites (tertiary alicyclic amines) is 1. The van der Waals surface area contributed by atoms with E-state index in [4.69, 9.17) is 0 Å². The number of benzene rings is 1. The molecule has 1 aromatic carbocycles. The van der Waals surface area contributed by atoms with Crippen molar-refractivity contribution in [2.24, 2.45) is 0 Å².